The van der Waals surface area contributed by atoms with Crippen LogP contribution in [0.25, 0.3) is 16.9 Å². The van der Waals surface area contributed by atoms with Crippen LogP contribution in [0.4, 0.5) is 5.82 Å². The predicted octanol–water partition coefficient (Wildman–Crippen LogP) is 2.86. The molecule has 0 saturated carbocycles. The maximum absolute atomic E-state index is 9.34. The minimum atomic E-state index is 0.377. The van der Waals surface area contributed by atoms with Crippen molar-refractivity contribution in [3.63, 3.8) is 0 Å². The molecule has 3 heterocycles. The Labute approximate surface area is 139 Å². The number of imidazole rings is 1. The van der Waals surface area contributed by atoms with Gasteiger partial charge >= 0.3 is 0 Å². The van der Waals surface area contributed by atoms with Gasteiger partial charge in [0.25, 0.3) is 0 Å². The SMILES string of the molecule is N#Cc1ccccc1-c1cnc2ccc(NC3CCOCC3)nn12. The van der Waals surface area contributed by atoms with Crippen LogP contribution in [0.3, 0.4) is 0 Å². The first kappa shape index (κ1) is 14.7. The summed E-state index contributed by atoms with van der Waals surface area (Å²) in [5.41, 5.74) is 3.03. The van der Waals surface area contributed by atoms with E-state index in [1.807, 2.05) is 30.3 Å². The number of anilines is 1. The molecule has 0 aliphatic carbocycles. The number of nitrogens with one attached hydrogen (secondary N) is 1. The van der Waals surface area contributed by atoms with E-state index >= 15 is 0 Å². The Morgan fingerprint density at radius 1 is 1.17 bits per heavy atom. The Kier molecular flexibility index (Phi) is 3.85. The van der Waals surface area contributed by atoms with Crippen molar-refractivity contribution < 1.29 is 4.74 Å². The highest BCUT2D eigenvalue weighted by atomic mass is 16.5. The summed E-state index contributed by atoms with van der Waals surface area (Å²) in [6.07, 6.45) is 3.72. The Bertz CT molecular complexity index is 905. The van der Waals surface area contributed by atoms with Gasteiger partial charge in [-0.15, -0.1) is 5.10 Å². The third-order valence-corrected chi connectivity index (χ3v) is 4.26. The first-order chi connectivity index (χ1) is 11.8. The molecule has 1 aliphatic rings. The largest absolute Gasteiger partial charge is 0.381 e. The number of hydrogen-bond acceptors (Lipinski definition) is 5. The first-order valence-corrected chi connectivity index (χ1v) is 8.04. The third kappa shape index (κ3) is 2.70. The molecule has 120 valence electrons. The van der Waals surface area contributed by atoms with Crippen LogP contribution in [0, 0.1) is 11.3 Å². The van der Waals surface area contributed by atoms with Crippen LogP contribution >= 0.6 is 0 Å². The van der Waals surface area contributed by atoms with E-state index in [0.29, 0.717) is 11.6 Å². The van der Waals surface area contributed by atoms with E-state index in [-0.39, 0.29) is 0 Å². The molecule has 1 saturated heterocycles. The summed E-state index contributed by atoms with van der Waals surface area (Å²) in [5, 5.41) is 17.5. The summed E-state index contributed by atoms with van der Waals surface area (Å²) in [4.78, 5) is 4.40. The lowest BCUT2D eigenvalue weighted by atomic mass is 10.1. The van der Waals surface area contributed by atoms with Gasteiger partial charge in [-0.1, -0.05) is 18.2 Å². The number of nitriles is 1. The molecule has 2 aromatic heterocycles. The van der Waals surface area contributed by atoms with E-state index in [4.69, 9.17) is 4.74 Å². The normalized spacial score (nSPS) is 15.3. The van der Waals surface area contributed by atoms with Crippen LogP contribution in [0.5, 0.6) is 0 Å². The predicted molar refractivity (Wildman–Crippen MR) is 90.6 cm³/mol. The number of aromatic nitrogens is 3. The van der Waals surface area contributed by atoms with Crippen molar-refractivity contribution in [2.75, 3.05) is 18.5 Å². The van der Waals surface area contributed by atoms with Crippen LogP contribution in [0.2, 0.25) is 0 Å². The topological polar surface area (TPSA) is 75.2 Å². The Balaban J connectivity index is 1.72. The second-order valence-electron chi connectivity index (χ2n) is 5.82. The molecule has 0 unspecified atom stereocenters. The molecule has 6 nitrogen and oxygen atoms in total. The van der Waals surface area contributed by atoms with E-state index in [2.05, 4.69) is 21.5 Å². The van der Waals surface area contributed by atoms with Crippen LogP contribution in [-0.2, 0) is 4.74 Å². The van der Waals surface area contributed by atoms with Gasteiger partial charge < -0.3 is 10.1 Å². The molecule has 1 aliphatic heterocycles. The lowest BCUT2D eigenvalue weighted by Gasteiger charge is -2.23. The van der Waals surface area contributed by atoms with Gasteiger partial charge in [-0.3, -0.25) is 0 Å². The zero-order chi connectivity index (χ0) is 16.4. The zero-order valence-electron chi connectivity index (χ0n) is 13.1. The number of rotatable bonds is 3. The molecule has 0 radical (unpaired) electrons. The van der Waals surface area contributed by atoms with Gasteiger partial charge in [-0.25, -0.2) is 9.50 Å². The Morgan fingerprint density at radius 3 is 2.83 bits per heavy atom. The smallest absolute Gasteiger partial charge is 0.154 e. The van der Waals surface area contributed by atoms with Crippen molar-refractivity contribution in [3.8, 4) is 17.3 Å². The average molecular weight is 319 g/mol. The number of fused-ring (bicyclic) bond motifs is 1. The minimum absolute atomic E-state index is 0.377. The fourth-order valence-electron chi connectivity index (χ4n) is 2.99. The molecule has 0 spiro atoms. The van der Waals surface area contributed by atoms with Gasteiger partial charge in [0.15, 0.2) is 5.65 Å². The van der Waals surface area contributed by atoms with Gasteiger partial charge in [-0.2, -0.15) is 5.26 Å². The summed E-state index contributed by atoms with van der Waals surface area (Å²) in [6, 6.07) is 14.0. The second kappa shape index (κ2) is 6.30. The van der Waals surface area contributed by atoms with Gasteiger partial charge in [0.05, 0.1) is 23.5 Å². The fourth-order valence-corrected chi connectivity index (χ4v) is 2.99. The van der Waals surface area contributed by atoms with Crippen LogP contribution in [0.1, 0.15) is 18.4 Å². The van der Waals surface area contributed by atoms with Crippen molar-refractivity contribution in [1.29, 1.82) is 5.26 Å². The number of hydrogen-bond donors (Lipinski definition) is 1. The summed E-state index contributed by atoms with van der Waals surface area (Å²) >= 11 is 0. The number of ether oxygens (including phenoxy) is 1. The zero-order valence-corrected chi connectivity index (χ0v) is 13.1. The van der Waals surface area contributed by atoms with Crippen LogP contribution in [0.15, 0.2) is 42.6 Å². The minimum Gasteiger partial charge on any atom is -0.381 e. The van der Waals surface area contributed by atoms with E-state index in [1.54, 1.807) is 16.8 Å². The highest BCUT2D eigenvalue weighted by Crippen LogP contribution is 2.24. The highest BCUT2D eigenvalue weighted by molar-refractivity contribution is 5.69. The molecule has 1 fully saturated rings. The van der Waals surface area contributed by atoms with Gasteiger partial charge in [0.2, 0.25) is 0 Å². The number of benzene rings is 1. The average Bonchev–Trinajstić information content (AvgIpc) is 3.05. The standard InChI is InChI=1S/C18H17N5O/c19-11-13-3-1-2-4-15(13)16-12-20-18-6-5-17(22-23(16)18)21-14-7-9-24-10-8-14/h1-6,12,14H,7-10H2,(H,21,22). The Morgan fingerprint density at radius 2 is 2.00 bits per heavy atom. The molecule has 1 N–H and O–H groups in total. The van der Waals surface area contributed by atoms with Crippen molar-refractivity contribution in [1.82, 2.24) is 14.6 Å². The maximum atomic E-state index is 9.34. The van der Waals surface area contributed by atoms with Crippen molar-refractivity contribution in [2.45, 2.75) is 18.9 Å². The lowest BCUT2D eigenvalue weighted by molar-refractivity contribution is 0.0903. The molecule has 0 bridgehead atoms. The van der Waals surface area contributed by atoms with Gasteiger partial charge in [0.1, 0.15) is 5.82 Å². The van der Waals surface area contributed by atoms with E-state index in [1.165, 1.54) is 0 Å². The Hall–Kier alpha value is -2.91. The van der Waals surface area contributed by atoms with Crippen molar-refractivity contribution in [3.05, 3.63) is 48.2 Å². The third-order valence-electron chi connectivity index (χ3n) is 4.26. The molecular formula is C18H17N5O. The molecule has 0 amide bonds. The lowest BCUT2D eigenvalue weighted by Crippen LogP contribution is -2.28. The van der Waals surface area contributed by atoms with E-state index < -0.39 is 0 Å². The summed E-state index contributed by atoms with van der Waals surface area (Å²) in [7, 11) is 0. The molecule has 1 aromatic carbocycles. The highest BCUT2D eigenvalue weighted by Gasteiger charge is 2.15. The quantitative estimate of drug-likeness (QED) is 0.803. The van der Waals surface area contributed by atoms with E-state index in [0.717, 1.165) is 48.8 Å². The summed E-state index contributed by atoms with van der Waals surface area (Å²) in [6.45, 7) is 1.57. The van der Waals surface area contributed by atoms with Crippen molar-refractivity contribution >= 4 is 11.5 Å². The van der Waals surface area contributed by atoms with E-state index in [9.17, 15) is 5.26 Å². The molecule has 0 atom stereocenters. The molecule has 24 heavy (non-hydrogen) atoms. The molecular weight excluding hydrogens is 302 g/mol. The van der Waals surface area contributed by atoms with Gasteiger partial charge in [0, 0.05) is 24.8 Å². The van der Waals surface area contributed by atoms with Crippen LogP contribution < -0.4 is 5.32 Å². The maximum Gasteiger partial charge on any atom is 0.154 e. The van der Waals surface area contributed by atoms with Crippen LogP contribution in [-0.4, -0.2) is 33.9 Å². The molecule has 6 heteroatoms. The van der Waals surface area contributed by atoms with Crippen molar-refractivity contribution in [2.24, 2.45) is 0 Å². The molecule has 3 aromatic rings. The monoisotopic (exact) mass is 319 g/mol. The summed E-state index contributed by atoms with van der Waals surface area (Å²) in [5.74, 6) is 0.808. The first-order valence-electron chi connectivity index (χ1n) is 8.04. The number of nitrogens with zero attached hydrogens (tertiary/aromatic N) is 4. The second-order valence-corrected chi connectivity index (χ2v) is 5.82. The summed E-state index contributed by atoms with van der Waals surface area (Å²) < 4.78 is 7.18. The molecule has 4 rings (SSSR count). The van der Waals surface area contributed by atoms with Gasteiger partial charge in [-0.05, 0) is 31.0 Å². The fraction of sp³-hybridized carbons (Fsp3) is 0.278.